The molecule has 0 atom stereocenters. The fourth-order valence-corrected chi connectivity index (χ4v) is 1.33. The van der Waals surface area contributed by atoms with E-state index in [1.165, 1.54) is 19.1 Å². The molecule has 70 valence electrons. The molecule has 0 unspecified atom stereocenters. The Morgan fingerprint density at radius 1 is 1.23 bits per heavy atom. The second-order valence-electron chi connectivity index (χ2n) is 2.53. The molecular formula is C8H7O4S-. The molecule has 13 heavy (non-hydrogen) atoms. The van der Waals surface area contributed by atoms with Crippen LogP contribution < -0.4 is 0 Å². The highest BCUT2D eigenvalue weighted by molar-refractivity contribution is 7.85. The van der Waals surface area contributed by atoms with Crippen LogP contribution in [0.2, 0.25) is 0 Å². The Labute approximate surface area is 76.0 Å². The highest BCUT2D eigenvalue weighted by atomic mass is 32.2. The molecule has 1 rings (SSSR count). The lowest BCUT2D eigenvalue weighted by Gasteiger charge is -2.06. The minimum absolute atomic E-state index is 0.171. The van der Waals surface area contributed by atoms with Crippen LogP contribution in [0.25, 0.3) is 0 Å². The lowest BCUT2D eigenvalue weighted by Crippen LogP contribution is -1.99. The van der Waals surface area contributed by atoms with Gasteiger partial charge in [-0.05, 0) is 19.1 Å². The molecule has 0 aliphatic heterocycles. The minimum Gasteiger partial charge on any atom is -0.744 e. The van der Waals surface area contributed by atoms with E-state index in [2.05, 4.69) is 0 Å². The van der Waals surface area contributed by atoms with Gasteiger partial charge in [0.25, 0.3) is 0 Å². The molecule has 0 heterocycles. The number of Topliss-reactive ketones (excluding diaryl/α,β-unsaturated/α-hetero) is 1. The summed E-state index contributed by atoms with van der Waals surface area (Å²) in [6.45, 7) is 1.36. The second kappa shape index (κ2) is 3.27. The molecule has 1 aromatic rings. The van der Waals surface area contributed by atoms with Crippen molar-refractivity contribution in [2.75, 3.05) is 0 Å². The first-order chi connectivity index (χ1) is 5.91. The average molecular weight is 199 g/mol. The lowest BCUT2D eigenvalue weighted by atomic mass is 10.2. The molecule has 0 amide bonds. The highest BCUT2D eigenvalue weighted by Gasteiger charge is 2.02. The summed E-state index contributed by atoms with van der Waals surface area (Å²) in [6.07, 6.45) is 0. The van der Waals surface area contributed by atoms with E-state index < -0.39 is 10.1 Å². The first-order valence-electron chi connectivity index (χ1n) is 3.48. The highest BCUT2D eigenvalue weighted by Crippen LogP contribution is 2.09. The summed E-state index contributed by atoms with van der Waals surface area (Å²) < 4.78 is 31.4. The quantitative estimate of drug-likeness (QED) is 0.521. The molecule has 0 N–H and O–H groups in total. The SMILES string of the molecule is CC(=O)c1ccc(S(=O)(=O)[O-])cc1. The van der Waals surface area contributed by atoms with Gasteiger partial charge in [0.15, 0.2) is 5.78 Å². The van der Waals surface area contributed by atoms with Crippen LogP contribution in [0.15, 0.2) is 29.2 Å². The van der Waals surface area contributed by atoms with Gasteiger partial charge in [-0.15, -0.1) is 0 Å². The van der Waals surface area contributed by atoms with E-state index in [0.717, 1.165) is 12.1 Å². The fourth-order valence-electron chi connectivity index (χ4n) is 0.856. The van der Waals surface area contributed by atoms with Crippen molar-refractivity contribution in [3.05, 3.63) is 29.8 Å². The van der Waals surface area contributed by atoms with Crippen LogP contribution in [-0.4, -0.2) is 18.8 Å². The Bertz CT molecular complexity index is 416. The Hall–Kier alpha value is -1.20. The van der Waals surface area contributed by atoms with E-state index in [4.69, 9.17) is 0 Å². The number of rotatable bonds is 2. The van der Waals surface area contributed by atoms with Gasteiger partial charge in [-0.2, -0.15) is 0 Å². The van der Waals surface area contributed by atoms with Gasteiger partial charge < -0.3 is 4.55 Å². The zero-order chi connectivity index (χ0) is 10.1. The summed E-state index contributed by atoms with van der Waals surface area (Å²) in [6, 6.07) is 4.87. The number of carbonyl (C=O) groups is 1. The predicted molar refractivity (Wildman–Crippen MR) is 44.4 cm³/mol. The van der Waals surface area contributed by atoms with Crippen LogP contribution in [0.4, 0.5) is 0 Å². The summed E-state index contributed by atoms with van der Waals surface area (Å²) in [4.78, 5) is 10.5. The number of ketones is 1. The molecule has 0 spiro atoms. The lowest BCUT2D eigenvalue weighted by molar-refractivity contribution is 0.101. The van der Waals surface area contributed by atoms with E-state index in [1.54, 1.807) is 0 Å². The Kier molecular flexibility index (Phi) is 2.49. The summed E-state index contributed by atoms with van der Waals surface area (Å²) in [5.74, 6) is -0.171. The van der Waals surface area contributed by atoms with Crippen LogP contribution in [-0.2, 0) is 10.1 Å². The molecule has 4 nitrogen and oxygen atoms in total. The van der Waals surface area contributed by atoms with Crippen molar-refractivity contribution in [2.24, 2.45) is 0 Å². The third-order valence-electron chi connectivity index (χ3n) is 1.55. The standard InChI is InChI=1S/C8H8O4S/c1-6(9)7-2-4-8(5-3-7)13(10,11)12/h2-5H,1H3,(H,10,11,12)/p-1. The van der Waals surface area contributed by atoms with E-state index >= 15 is 0 Å². The maximum atomic E-state index is 10.8. The van der Waals surface area contributed by atoms with Gasteiger partial charge in [0, 0.05) is 5.56 Å². The zero-order valence-corrected chi connectivity index (χ0v) is 7.67. The number of benzene rings is 1. The van der Waals surface area contributed by atoms with Crippen LogP contribution >= 0.6 is 0 Å². The third-order valence-corrected chi connectivity index (χ3v) is 2.40. The third kappa shape index (κ3) is 2.37. The van der Waals surface area contributed by atoms with Crippen molar-refractivity contribution in [3.8, 4) is 0 Å². The smallest absolute Gasteiger partial charge is 0.159 e. The first kappa shape index (κ1) is 9.88. The van der Waals surface area contributed by atoms with Crippen LogP contribution in [0, 0.1) is 0 Å². The molecule has 5 heteroatoms. The molecule has 0 fully saturated rings. The van der Waals surface area contributed by atoms with Gasteiger partial charge in [0.2, 0.25) is 0 Å². The van der Waals surface area contributed by atoms with Gasteiger partial charge in [-0.1, -0.05) is 12.1 Å². The van der Waals surface area contributed by atoms with Crippen molar-refractivity contribution < 1.29 is 17.8 Å². The van der Waals surface area contributed by atoms with Gasteiger partial charge in [-0.25, -0.2) is 8.42 Å². The summed E-state index contributed by atoms with van der Waals surface area (Å²) in [5.41, 5.74) is 0.382. The van der Waals surface area contributed by atoms with E-state index in [1.807, 2.05) is 0 Å². The Morgan fingerprint density at radius 2 is 1.69 bits per heavy atom. The maximum Gasteiger partial charge on any atom is 0.159 e. The second-order valence-corrected chi connectivity index (χ2v) is 3.91. The molecule has 0 saturated heterocycles. The van der Waals surface area contributed by atoms with Crippen molar-refractivity contribution in [1.29, 1.82) is 0 Å². The van der Waals surface area contributed by atoms with Crippen molar-refractivity contribution in [2.45, 2.75) is 11.8 Å². The molecular weight excluding hydrogens is 192 g/mol. The van der Waals surface area contributed by atoms with Gasteiger partial charge in [0.05, 0.1) is 4.90 Å². The molecule has 0 aromatic heterocycles. The van der Waals surface area contributed by atoms with Crippen molar-refractivity contribution in [3.63, 3.8) is 0 Å². The van der Waals surface area contributed by atoms with E-state index in [9.17, 15) is 17.8 Å². The van der Waals surface area contributed by atoms with E-state index in [0.29, 0.717) is 5.56 Å². The molecule has 0 aliphatic rings. The van der Waals surface area contributed by atoms with Crippen LogP contribution in [0.5, 0.6) is 0 Å². The summed E-state index contributed by atoms with van der Waals surface area (Å²) >= 11 is 0. The number of hydrogen-bond donors (Lipinski definition) is 0. The van der Waals surface area contributed by atoms with Gasteiger partial charge >= 0.3 is 0 Å². The number of carbonyl (C=O) groups excluding carboxylic acids is 1. The first-order valence-corrected chi connectivity index (χ1v) is 4.89. The molecule has 0 aliphatic carbocycles. The normalized spacial score (nSPS) is 11.2. The van der Waals surface area contributed by atoms with Gasteiger partial charge in [-0.3, -0.25) is 4.79 Å². The molecule has 1 aromatic carbocycles. The largest absolute Gasteiger partial charge is 0.744 e. The summed E-state index contributed by atoms with van der Waals surface area (Å²) in [5, 5.41) is 0. The predicted octanol–water partition coefficient (Wildman–Crippen LogP) is 0.793. The van der Waals surface area contributed by atoms with Crippen molar-refractivity contribution in [1.82, 2.24) is 0 Å². The average Bonchev–Trinajstić information content (AvgIpc) is 2.03. The molecule has 0 saturated carbocycles. The minimum atomic E-state index is -4.41. The van der Waals surface area contributed by atoms with E-state index in [-0.39, 0.29) is 10.7 Å². The molecule has 0 radical (unpaired) electrons. The topological polar surface area (TPSA) is 74.3 Å². The van der Waals surface area contributed by atoms with Crippen LogP contribution in [0.3, 0.4) is 0 Å². The van der Waals surface area contributed by atoms with Crippen molar-refractivity contribution >= 4 is 15.9 Å². The monoisotopic (exact) mass is 199 g/mol. The Morgan fingerprint density at radius 3 is 2.00 bits per heavy atom. The Balaban J connectivity index is 3.16. The maximum absolute atomic E-state index is 10.8. The molecule has 0 bridgehead atoms. The van der Waals surface area contributed by atoms with Gasteiger partial charge in [0.1, 0.15) is 10.1 Å². The number of hydrogen-bond acceptors (Lipinski definition) is 4. The summed E-state index contributed by atoms with van der Waals surface area (Å²) in [7, 11) is -4.41. The fraction of sp³-hybridized carbons (Fsp3) is 0.125. The zero-order valence-electron chi connectivity index (χ0n) is 6.85. The van der Waals surface area contributed by atoms with Crippen LogP contribution in [0.1, 0.15) is 17.3 Å².